The summed E-state index contributed by atoms with van der Waals surface area (Å²) in [5.74, 6) is -0.895. The molecule has 0 atom stereocenters. The summed E-state index contributed by atoms with van der Waals surface area (Å²) in [5.41, 5.74) is 5.51. The molecule has 0 aliphatic carbocycles. The SMILES string of the molecule is COCc1ccccc1-c1c(CC(=O)O)c(C)nc2cc(C(C)(C)C)nn12. The van der Waals surface area contributed by atoms with Gasteiger partial charge >= 0.3 is 5.97 Å². The quantitative estimate of drug-likeness (QED) is 0.743. The molecule has 0 aliphatic rings. The van der Waals surface area contributed by atoms with Crippen molar-refractivity contribution >= 4 is 11.6 Å². The molecule has 27 heavy (non-hydrogen) atoms. The summed E-state index contributed by atoms with van der Waals surface area (Å²) >= 11 is 0. The van der Waals surface area contributed by atoms with Crippen LogP contribution in [0, 0.1) is 6.92 Å². The Kier molecular flexibility index (Phi) is 5.02. The van der Waals surface area contributed by atoms with Gasteiger partial charge in [-0.15, -0.1) is 0 Å². The van der Waals surface area contributed by atoms with Crippen LogP contribution in [0.2, 0.25) is 0 Å². The molecule has 0 saturated heterocycles. The molecule has 0 fully saturated rings. The van der Waals surface area contributed by atoms with Crippen LogP contribution in [0.5, 0.6) is 0 Å². The smallest absolute Gasteiger partial charge is 0.307 e. The minimum atomic E-state index is -0.895. The highest BCUT2D eigenvalue weighted by atomic mass is 16.5. The average Bonchev–Trinajstić information content (AvgIpc) is 3.00. The van der Waals surface area contributed by atoms with E-state index in [0.29, 0.717) is 23.5 Å². The van der Waals surface area contributed by atoms with E-state index in [1.165, 1.54) is 0 Å². The number of carbonyl (C=O) groups is 1. The molecule has 2 aromatic heterocycles. The summed E-state index contributed by atoms with van der Waals surface area (Å²) in [6.07, 6.45) is -0.115. The number of benzene rings is 1. The van der Waals surface area contributed by atoms with Gasteiger partial charge in [0.1, 0.15) is 0 Å². The first-order valence-corrected chi connectivity index (χ1v) is 8.91. The van der Waals surface area contributed by atoms with Gasteiger partial charge in [0.15, 0.2) is 5.65 Å². The molecule has 1 N–H and O–H groups in total. The van der Waals surface area contributed by atoms with Crippen molar-refractivity contribution in [3.63, 3.8) is 0 Å². The Morgan fingerprint density at radius 2 is 1.96 bits per heavy atom. The predicted molar refractivity (Wildman–Crippen MR) is 104 cm³/mol. The summed E-state index contributed by atoms with van der Waals surface area (Å²) < 4.78 is 7.13. The Bertz CT molecular complexity index is 1000. The number of ether oxygens (including phenoxy) is 1. The van der Waals surface area contributed by atoms with Gasteiger partial charge in [0, 0.05) is 35.4 Å². The molecule has 0 unspecified atom stereocenters. The third-order valence-electron chi connectivity index (χ3n) is 4.58. The second-order valence-corrected chi connectivity index (χ2v) is 7.73. The van der Waals surface area contributed by atoms with Crippen molar-refractivity contribution in [1.82, 2.24) is 14.6 Å². The molecule has 3 rings (SSSR count). The number of fused-ring (bicyclic) bond motifs is 1. The lowest BCUT2D eigenvalue weighted by Gasteiger charge is -2.16. The van der Waals surface area contributed by atoms with Gasteiger partial charge in [0.25, 0.3) is 0 Å². The number of aliphatic carboxylic acids is 1. The number of nitrogens with zero attached hydrogens (tertiary/aromatic N) is 3. The maximum Gasteiger partial charge on any atom is 0.307 e. The molecule has 2 heterocycles. The molecule has 0 bridgehead atoms. The number of rotatable bonds is 5. The summed E-state index contributed by atoms with van der Waals surface area (Å²) in [6.45, 7) is 8.57. The Morgan fingerprint density at radius 3 is 2.59 bits per heavy atom. The number of methoxy groups -OCH3 is 1. The molecular weight excluding hydrogens is 342 g/mol. The maximum absolute atomic E-state index is 11.5. The molecule has 0 radical (unpaired) electrons. The van der Waals surface area contributed by atoms with E-state index in [1.54, 1.807) is 11.6 Å². The molecule has 6 heteroatoms. The van der Waals surface area contributed by atoms with E-state index in [9.17, 15) is 9.90 Å². The summed E-state index contributed by atoms with van der Waals surface area (Å²) in [6, 6.07) is 9.82. The summed E-state index contributed by atoms with van der Waals surface area (Å²) in [7, 11) is 1.65. The van der Waals surface area contributed by atoms with E-state index in [0.717, 1.165) is 22.5 Å². The third kappa shape index (κ3) is 3.71. The number of hydrogen-bond acceptors (Lipinski definition) is 4. The Morgan fingerprint density at radius 1 is 1.26 bits per heavy atom. The molecule has 0 aliphatic heterocycles. The zero-order valence-electron chi connectivity index (χ0n) is 16.4. The lowest BCUT2D eigenvalue weighted by atomic mass is 9.93. The zero-order chi connectivity index (χ0) is 19.8. The first-order chi connectivity index (χ1) is 12.7. The van der Waals surface area contributed by atoms with Gasteiger partial charge in [0.2, 0.25) is 0 Å². The standard InChI is InChI=1S/C21H25N3O3/c1-13-16(10-19(25)26)20(15-9-7-6-8-14(15)12-27-5)24-18(22-13)11-17(23-24)21(2,3)4/h6-9,11H,10,12H2,1-5H3,(H,25,26). The van der Waals surface area contributed by atoms with Crippen LogP contribution in [0.3, 0.4) is 0 Å². The lowest BCUT2D eigenvalue weighted by molar-refractivity contribution is -0.136. The fourth-order valence-electron chi connectivity index (χ4n) is 3.19. The van der Waals surface area contributed by atoms with Crippen LogP contribution in [0.25, 0.3) is 16.9 Å². The number of aryl methyl sites for hydroxylation is 1. The van der Waals surface area contributed by atoms with Crippen molar-refractivity contribution in [3.8, 4) is 11.3 Å². The van der Waals surface area contributed by atoms with Crippen LogP contribution in [-0.4, -0.2) is 32.8 Å². The van der Waals surface area contributed by atoms with Crippen LogP contribution >= 0.6 is 0 Å². The third-order valence-corrected chi connectivity index (χ3v) is 4.58. The highest BCUT2D eigenvalue weighted by Gasteiger charge is 2.24. The van der Waals surface area contributed by atoms with Gasteiger partial charge in [0.05, 0.1) is 24.4 Å². The van der Waals surface area contributed by atoms with Gasteiger partial charge in [-0.05, 0) is 12.5 Å². The second-order valence-electron chi connectivity index (χ2n) is 7.73. The van der Waals surface area contributed by atoms with Crippen molar-refractivity contribution in [2.75, 3.05) is 7.11 Å². The van der Waals surface area contributed by atoms with Crippen molar-refractivity contribution in [3.05, 3.63) is 52.8 Å². The molecule has 6 nitrogen and oxygen atoms in total. The van der Waals surface area contributed by atoms with E-state index in [4.69, 9.17) is 9.84 Å². The van der Waals surface area contributed by atoms with E-state index >= 15 is 0 Å². The van der Waals surface area contributed by atoms with Crippen LogP contribution in [0.1, 0.15) is 43.3 Å². The molecule has 0 amide bonds. The van der Waals surface area contributed by atoms with Crippen LogP contribution < -0.4 is 0 Å². The lowest BCUT2D eigenvalue weighted by Crippen LogP contribution is -2.13. The van der Waals surface area contributed by atoms with E-state index < -0.39 is 5.97 Å². The van der Waals surface area contributed by atoms with Crippen molar-refractivity contribution in [1.29, 1.82) is 0 Å². The van der Waals surface area contributed by atoms with Gasteiger partial charge in [-0.2, -0.15) is 5.10 Å². The number of aromatic nitrogens is 3. The monoisotopic (exact) mass is 367 g/mol. The Balaban J connectivity index is 2.39. The fraction of sp³-hybridized carbons (Fsp3) is 0.381. The normalized spacial score (nSPS) is 11.9. The van der Waals surface area contributed by atoms with Crippen molar-refractivity contribution < 1.29 is 14.6 Å². The average molecular weight is 367 g/mol. The van der Waals surface area contributed by atoms with Crippen molar-refractivity contribution in [2.45, 2.75) is 46.1 Å². The van der Waals surface area contributed by atoms with Gasteiger partial charge < -0.3 is 9.84 Å². The topological polar surface area (TPSA) is 76.7 Å². The first-order valence-electron chi connectivity index (χ1n) is 8.91. The summed E-state index contributed by atoms with van der Waals surface area (Å²) in [4.78, 5) is 16.2. The minimum absolute atomic E-state index is 0.115. The molecule has 1 aromatic carbocycles. The first kappa shape index (κ1) is 19.0. The van der Waals surface area contributed by atoms with E-state index in [1.807, 2.05) is 37.3 Å². The molecule has 3 aromatic rings. The van der Waals surface area contributed by atoms with E-state index in [-0.39, 0.29) is 11.8 Å². The minimum Gasteiger partial charge on any atom is -0.481 e. The molecule has 0 spiro atoms. The Hall–Kier alpha value is -2.73. The number of hydrogen-bond donors (Lipinski definition) is 1. The molecular formula is C21H25N3O3. The highest BCUT2D eigenvalue weighted by molar-refractivity contribution is 5.78. The molecule has 0 saturated carbocycles. The van der Waals surface area contributed by atoms with E-state index in [2.05, 4.69) is 25.8 Å². The van der Waals surface area contributed by atoms with Crippen LogP contribution in [-0.2, 0) is 28.0 Å². The number of carboxylic acids is 1. The molecule has 142 valence electrons. The predicted octanol–water partition coefficient (Wildman–Crippen LogP) is 3.78. The van der Waals surface area contributed by atoms with Gasteiger partial charge in [-0.1, -0.05) is 45.0 Å². The van der Waals surface area contributed by atoms with Crippen LogP contribution in [0.4, 0.5) is 0 Å². The van der Waals surface area contributed by atoms with Crippen molar-refractivity contribution in [2.24, 2.45) is 0 Å². The number of carboxylic acid groups (broad SMARTS) is 1. The van der Waals surface area contributed by atoms with Gasteiger partial charge in [-0.25, -0.2) is 9.50 Å². The zero-order valence-corrected chi connectivity index (χ0v) is 16.4. The largest absolute Gasteiger partial charge is 0.481 e. The van der Waals surface area contributed by atoms with Gasteiger partial charge in [-0.3, -0.25) is 4.79 Å². The maximum atomic E-state index is 11.5. The Labute approximate surface area is 158 Å². The second kappa shape index (κ2) is 7.12. The highest BCUT2D eigenvalue weighted by Crippen LogP contribution is 2.32. The summed E-state index contributed by atoms with van der Waals surface area (Å²) in [5, 5.41) is 14.3. The fourth-order valence-corrected chi connectivity index (χ4v) is 3.19. The van der Waals surface area contributed by atoms with Crippen LogP contribution in [0.15, 0.2) is 30.3 Å².